The molecule has 0 fully saturated rings. The Kier molecular flexibility index (Phi) is 10.4. The van der Waals surface area contributed by atoms with Crippen molar-refractivity contribution in [2.45, 2.75) is 72.8 Å². The lowest BCUT2D eigenvalue weighted by Gasteiger charge is -2.25. The Labute approximate surface area is 116 Å². The van der Waals surface area contributed by atoms with Crippen molar-refractivity contribution in [3.8, 4) is 0 Å². The first-order valence-corrected chi connectivity index (χ1v) is 7.88. The summed E-state index contributed by atoms with van der Waals surface area (Å²) in [6, 6.07) is 0.721. The van der Waals surface area contributed by atoms with Crippen LogP contribution < -0.4 is 0 Å². The van der Waals surface area contributed by atoms with Gasteiger partial charge in [0.1, 0.15) is 0 Å². The fraction of sp³-hybridized carbons (Fsp3) is 0.882. The second-order valence-corrected chi connectivity index (χ2v) is 6.09. The van der Waals surface area contributed by atoms with Crippen molar-refractivity contribution in [1.29, 1.82) is 0 Å². The van der Waals surface area contributed by atoms with Crippen LogP contribution in [0.3, 0.4) is 0 Å². The van der Waals surface area contributed by atoms with Gasteiger partial charge >= 0.3 is 0 Å². The monoisotopic (exact) mass is 253 g/mol. The van der Waals surface area contributed by atoms with E-state index in [0.29, 0.717) is 5.92 Å². The van der Waals surface area contributed by atoms with Gasteiger partial charge in [0.2, 0.25) is 0 Å². The maximum absolute atomic E-state index is 2.51. The molecule has 2 unspecified atom stereocenters. The highest BCUT2D eigenvalue weighted by molar-refractivity contribution is 4.86. The lowest BCUT2D eigenvalue weighted by Crippen LogP contribution is -2.30. The minimum Gasteiger partial charge on any atom is -0.304 e. The molecule has 0 radical (unpaired) electrons. The Balaban J connectivity index is 4.03. The van der Waals surface area contributed by atoms with Crippen LogP contribution in [0, 0.1) is 11.8 Å². The van der Waals surface area contributed by atoms with Crippen LogP contribution in [0.5, 0.6) is 0 Å². The van der Waals surface area contributed by atoms with E-state index < -0.39 is 0 Å². The Bertz CT molecular complexity index is 208. The quantitative estimate of drug-likeness (QED) is 0.488. The first kappa shape index (κ1) is 17.7. The van der Waals surface area contributed by atoms with E-state index in [-0.39, 0.29) is 0 Å². The van der Waals surface area contributed by atoms with E-state index in [0.717, 1.165) is 12.0 Å². The van der Waals surface area contributed by atoms with Crippen molar-refractivity contribution in [2.75, 3.05) is 13.6 Å². The molecule has 0 aromatic heterocycles. The normalized spacial score (nSPS) is 15.8. The summed E-state index contributed by atoms with van der Waals surface area (Å²) in [5.74, 6) is 1.56. The molecule has 0 bridgehead atoms. The molecule has 1 heteroatoms. The van der Waals surface area contributed by atoms with Gasteiger partial charge in [-0.15, -0.1) is 0 Å². The summed E-state index contributed by atoms with van der Waals surface area (Å²) in [4.78, 5) is 2.51. The smallest absolute Gasteiger partial charge is 0.00612 e. The number of hydrogen-bond donors (Lipinski definition) is 0. The van der Waals surface area contributed by atoms with Gasteiger partial charge < -0.3 is 4.90 Å². The molecule has 18 heavy (non-hydrogen) atoms. The van der Waals surface area contributed by atoms with E-state index in [1.165, 1.54) is 38.6 Å². The second kappa shape index (κ2) is 10.6. The maximum atomic E-state index is 2.51. The zero-order chi connectivity index (χ0) is 14.0. The van der Waals surface area contributed by atoms with Crippen molar-refractivity contribution in [3.05, 3.63) is 12.2 Å². The summed E-state index contributed by atoms with van der Waals surface area (Å²) in [6.07, 6.45) is 11.3. The predicted molar refractivity (Wildman–Crippen MR) is 84.0 cm³/mol. The van der Waals surface area contributed by atoms with Gasteiger partial charge in [0.15, 0.2) is 0 Å². The van der Waals surface area contributed by atoms with Crippen LogP contribution >= 0.6 is 0 Å². The van der Waals surface area contributed by atoms with E-state index in [1.54, 1.807) is 0 Å². The van der Waals surface area contributed by atoms with Gasteiger partial charge in [-0.05, 0) is 51.6 Å². The Hall–Kier alpha value is -0.300. The summed E-state index contributed by atoms with van der Waals surface area (Å²) < 4.78 is 0. The lowest BCUT2D eigenvalue weighted by molar-refractivity contribution is 0.229. The first-order chi connectivity index (χ1) is 8.51. The van der Waals surface area contributed by atoms with Crippen LogP contribution in [-0.4, -0.2) is 24.5 Å². The zero-order valence-electron chi connectivity index (χ0n) is 13.6. The fourth-order valence-corrected chi connectivity index (χ4v) is 2.25. The summed E-state index contributed by atoms with van der Waals surface area (Å²) in [5, 5.41) is 0. The summed E-state index contributed by atoms with van der Waals surface area (Å²) >= 11 is 0. The highest BCUT2D eigenvalue weighted by atomic mass is 15.1. The van der Waals surface area contributed by atoms with Crippen molar-refractivity contribution in [1.82, 2.24) is 4.90 Å². The van der Waals surface area contributed by atoms with Gasteiger partial charge in [-0.1, -0.05) is 52.7 Å². The molecule has 0 amide bonds. The molecular formula is C17H35N. The van der Waals surface area contributed by atoms with E-state index in [2.05, 4.69) is 58.7 Å². The highest BCUT2D eigenvalue weighted by Gasteiger charge is 2.10. The second-order valence-electron chi connectivity index (χ2n) is 6.09. The molecule has 0 heterocycles. The minimum absolute atomic E-state index is 0.690. The van der Waals surface area contributed by atoms with Gasteiger partial charge in [-0.2, -0.15) is 0 Å². The third-order valence-corrected chi connectivity index (χ3v) is 3.92. The SMILES string of the molecule is CCCC(CC=CC(C)C)CCN(C)C(C)CC. The van der Waals surface area contributed by atoms with Gasteiger partial charge in [0.25, 0.3) is 0 Å². The molecule has 0 aliphatic heterocycles. The molecule has 0 aromatic rings. The minimum atomic E-state index is 0.690. The molecule has 108 valence electrons. The summed E-state index contributed by atoms with van der Waals surface area (Å²) in [7, 11) is 2.27. The molecule has 0 aromatic carbocycles. The third kappa shape index (κ3) is 8.74. The van der Waals surface area contributed by atoms with Gasteiger partial charge in [0.05, 0.1) is 0 Å². The summed E-state index contributed by atoms with van der Waals surface area (Å²) in [5.41, 5.74) is 0. The molecular weight excluding hydrogens is 218 g/mol. The van der Waals surface area contributed by atoms with Gasteiger partial charge in [0, 0.05) is 6.04 Å². The number of hydrogen-bond acceptors (Lipinski definition) is 1. The average molecular weight is 253 g/mol. The predicted octanol–water partition coefficient (Wildman–Crippen LogP) is 5.13. The van der Waals surface area contributed by atoms with Crippen LogP contribution in [0.2, 0.25) is 0 Å². The molecule has 2 atom stereocenters. The van der Waals surface area contributed by atoms with Gasteiger partial charge in [-0.3, -0.25) is 0 Å². The lowest BCUT2D eigenvalue weighted by atomic mass is 9.95. The van der Waals surface area contributed by atoms with E-state index in [9.17, 15) is 0 Å². The van der Waals surface area contributed by atoms with Gasteiger partial charge in [-0.25, -0.2) is 0 Å². The van der Waals surface area contributed by atoms with Crippen molar-refractivity contribution < 1.29 is 0 Å². The van der Waals surface area contributed by atoms with E-state index in [4.69, 9.17) is 0 Å². The standard InChI is InChI=1S/C17H35N/c1-7-10-17(12-9-11-15(3)4)13-14-18(6)16(5)8-2/h9,11,15-17H,7-8,10,12-14H2,1-6H3. The first-order valence-electron chi connectivity index (χ1n) is 7.88. The fourth-order valence-electron chi connectivity index (χ4n) is 2.25. The highest BCUT2D eigenvalue weighted by Crippen LogP contribution is 2.18. The largest absolute Gasteiger partial charge is 0.304 e. The molecule has 0 aliphatic rings. The maximum Gasteiger partial charge on any atom is 0.00612 e. The number of rotatable bonds is 10. The Morgan fingerprint density at radius 2 is 1.72 bits per heavy atom. The Morgan fingerprint density at radius 1 is 1.06 bits per heavy atom. The average Bonchev–Trinajstić information content (AvgIpc) is 2.34. The van der Waals surface area contributed by atoms with E-state index in [1.807, 2.05) is 0 Å². The molecule has 0 N–H and O–H groups in total. The number of allylic oxidation sites excluding steroid dienone is 2. The van der Waals surface area contributed by atoms with Crippen molar-refractivity contribution in [3.63, 3.8) is 0 Å². The Morgan fingerprint density at radius 3 is 2.22 bits per heavy atom. The van der Waals surface area contributed by atoms with E-state index >= 15 is 0 Å². The van der Waals surface area contributed by atoms with Crippen LogP contribution in [-0.2, 0) is 0 Å². The molecule has 0 saturated heterocycles. The molecule has 0 aliphatic carbocycles. The molecule has 1 nitrogen and oxygen atoms in total. The van der Waals surface area contributed by atoms with Crippen LogP contribution in [0.1, 0.15) is 66.7 Å². The van der Waals surface area contributed by atoms with Crippen LogP contribution in [0.4, 0.5) is 0 Å². The molecule has 0 rings (SSSR count). The van der Waals surface area contributed by atoms with Crippen molar-refractivity contribution in [2.24, 2.45) is 11.8 Å². The van der Waals surface area contributed by atoms with Crippen LogP contribution in [0.15, 0.2) is 12.2 Å². The molecule has 0 saturated carbocycles. The van der Waals surface area contributed by atoms with Crippen LogP contribution in [0.25, 0.3) is 0 Å². The molecule has 0 spiro atoms. The topological polar surface area (TPSA) is 3.24 Å². The number of nitrogens with zero attached hydrogens (tertiary/aromatic N) is 1. The zero-order valence-corrected chi connectivity index (χ0v) is 13.6. The summed E-state index contributed by atoms with van der Waals surface area (Å²) in [6.45, 7) is 12.7. The van der Waals surface area contributed by atoms with Crippen molar-refractivity contribution >= 4 is 0 Å². The third-order valence-electron chi connectivity index (χ3n) is 3.92.